The van der Waals surface area contributed by atoms with E-state index >= 15 is 0 Å². The molecule has 0 radical (unpaired) electrons. The fourth-order valence-corrected chi connectivity index (χ4v) is 7.37. The Labute approximate surface area is 203 Å². The summed E-state index contributed by atoms with van der Waals surface area (Å²) in [7, 11) is 0. The summed E-state index contributed by atoms with van der Waals surface area (Å²) < 4.78 is 0. The van der Waals surface area contributed by atoms with Gasteiger partial charge in [-0.25, -0.2) is 0 Å². The zero-order valence-electron chi connectivity index (χ0n) is 19.6. The predicted octanol–water partition coefficient (Wildman–Crippen LogP) is 0.770. The molecule has 0 unspecified atom stereocenters. The topological polar surface area (TPSA) is 69.2 Å². The quantitative estimate of drug-likeness (QED) is 0.670. The van der Waals surface area contributed by atoms with Crippen LogP contribution in [0.1, 0.15) is 79.6 Å². The zero-order valence-corrected chi connectivity index (χ0v) is 21.6. The number of hydrogen-bond acceptors (Lipinski definition) is 3. The van der Waals surface area contributed by atoms with E-state index in [4.69, 9.17) is 0 Å². The minimum absolute atomic E-state index is 0. The summed E-state index contributed by atoms with van der Waals surface area (Å²) in [5.74, 6) is 1.10. The van der Waals surface area contributed by atoms with Crippen LogP contribution in [0.4, 0.5) is 0 Å². The molecular formula is C25H36NNaO3. The number of allylic oxidation sites excluding steroid dienone is 3. The minimum Gasteiger partial charge on any atom is -0.545 e. The summed E-state index contributed by atoms with van der Waals surface area (Å²) in [4.78, 5) is 24.4. The number of fused-ring (bicyclic) bond motifs is 5. The third kappa shape index (κ3) is 3.86. The van der Waals surface area contributed by atoms with Gasteiger partial charge in [-0.2, -0.15) is 0 Å². The maximum absolute atomic E-state index is 13.1. The van der Waals surface area contributed by atoms with Crippen molar-refractivity contribution in [1.82, 2.24) is 5.32 Å². The van der Waals surface area contributed by atoms with Gasteiger partial charge in [-0.3, -0.25) is 4.79 Å². The molecule has 160 valence electrons. The van der Waals surface area contributed by atoms with E-state index < -0.39 is 5.97 Å². The van der Waals surface area contributed by atoms with E-state index in [9.17, 15) is 14.7 Å². The first-order valence-corrected chi connectivity index (χ1v) is 11.4. The molecule has 4 rings (SSSR count). The van der Waals surface area contributed by atoms with Gasteiger partial charge in [0.05, 0.1) is 5.97 Å². The van der Waals surface area contributed by atoms with Crippen molar-refractivity contribution in [2.24, 2.45) is 34.5 Å². The summed E-state index contributed by atoms with van der Waals surface area (Å²) in [6.07, 6.45) is 11.1. The van der Waals surface area contributed by atoms with Gasteiger partial charge in [0.15, 0.2) is 0 Å². The Morgan fingerprint density at radius 2 is 1.80 bits per heavy atom. The Morgan fingerprint density at radius 1 is 1.10 bits per heavy atom. The molecular weight excluding hydrogens is 385 g/mol. The van der Waals surface area contributed by atoms with E-state index in [2.05, 4.69) is 46.0 Å². The van der Waals surface area contributed by atoms with Crippen LogP contribution in [0.15, 0.2) is 23.3 Å². The summed E-state index contributed by atoms with van der Waals surface area (Å²) in [5, 5.41) is 14.6. The second kappa shape index (κ2) is 8.08. The average molecular weight is 422 g/mol. The largest absolute Gasteiger partial charge is 1.00 e. The molecule has 0 aliphatic heterocycles. The van der Waals surface area contributed by atoms with Crippen molar-refractivity contribution >= 4 is 11.9 Å². The molecule has 6 atom stereocenters. The first kappa shape index (κ1) is 24.1. The van der Waals surface area contributed by atoms with Crippen LogP contribution in [0, 0.1) is 34.5 Å². The first-order chi connectivity index (χ1) is 13.5. The molecule has 0 aromatic heterocycles. The Balaban J connectivity index is 0.00000256. The van der Waals surface area contributed by atoms with Gasteiger partial charge in [-0.1, -0.05) is 26.0 Å². The van der Waals surface area contributed by atoms with E-state index in [-0.39, 0.29) is 57.8 Å². The molecule has 4 aliphatic rings. The van der Waals surface area contributed by atoms with Crippen molar-refractivity contribution in [2.75, 3.05) is 0 Å². The van der Waals surface area contributed by atoms with E-state index in [1.807, 2.05) is 6.08 Å². The Bertz CT molecular complexity index is 795. The monoisotopic (exact) mass is 421 g/mol. The van der Waals surface area contributed by atoms with E-state index in [1.165, 1.54) is 5.57 Å². The van der Waals surface area contributed by atoms with Crippen LogP contribution in [-0.4, -0.2) is 17.4 Å². The molecule has 0 aromatic rings. The Hall–Kier alpha value is -0.580. The smallest absolute Gasteiger partial charge is 0.545 e. The van der Waals surface area contributed by atoms with Crippen molar-refractivity contribution in [3.8, 4) is 0 Å². The van der Waals surface area contributed by atoms with Crippen molar-refractivity contribution in [3.05, 3.63) is 23.3 Å². The normalized spacial score (nSPS) is 40.0. The van der Waals surface area contributed by atoms with Gasteiger partial charge >= 0.3 is 29.6 Å². The summed E-state index contributed by atoms with van der Waals surface area (Å²) >= 11 is 0. The molecule has 4 nitrogen and oxygen atoms in total. The van der Waals surface area contributed by atoms with Gasteiger partial charge in [0.25, 0.3) is 0 Å². The van der Waals surface area contributed by atoms with Gasteiger partial charge < -0.3 is 15.2 Å². The van der Waals surface area contributed by atoms with Crippen molar-refractivity contribution in [1.29, 1.82) is 0 Å². The third-order valence-electron chi connectivity index (χ3n) is 8.85. The van der Waals surface area contributed by atoms with Crippen LogP contribution in [-0.2, 0) is 9.59 Å². The number of nitrogens with one attached hydrogen (secondary N) is 1. The molecule has 5 heteroatoms. The average Bonchev–Trinajstić information content (AvgIpc) is 2.96. The fourth-order valence-electron chi connectivity index (χ4n) is 7.37. The summed E-state index contributed by atoms with van der Waals surface area (Å²) in [5.41, 5.74) is 1.62. The second-order valence-electron chi connectivity index (χ2n) is 11.6. The number of hydrogen-bond donors (Lipinski definition) is 1. The van der Waals surface area contributed by atoms with Crippen molar-refractivity contribution in [2.45, 2.75) is 85.1 Å². The number of carbonyl (C=O) groups is 2. The van der Waals surface area contributed by atoms with Gasteiger partial charge in [0.2, 0.25) is 5.91 Å². The SMILES string of the molecule is CC(C)(C)NC(=O)[C@H]1CC[C@H]2[C@@H]3CC=C4C=C(C(=O)[O-])CC[C@]4(C)[C@H]3CC[C@]12C.[Na+]. The maximum atomic E-state index is 13.1. The van der Waals surface area contributed by atoms with Crippen LogP contribution in [0.25, 0.3) is 0 Å². The molecule has 0 heterocycles. The third-order valence-corrected chi connectivity index (χ3v) is 8.85. The van der Waals surface area contributed by atoms with Crippen LogP contribution < -0.4 is 40.0 Å². The number of carbonyl (C=O) groups excluding carboxylic acids is 2. The molecule has 30 heavy (non-hydrogen) atoms. The molecule has 0 saturated heterocycles. The number of aliphatic carboxylic acids is 1. The fraction of sp³-hybridized carbons (Fsp3) is 0.760. The van der Waals surface area contributed by atoms with Gasteiger partial charge in [0.1, 0.15) is 0 Å². The van der Waals surface area contributed by atoms with Crippen molar-refractivity contribution < 1.29 is 44.3 Å². The van der Waals surface area contributed by atoms with Crippen LogP contribution in [0.3, 0.4) is 0 Å². The summed E-state index contributed by atoms with van der Waals surface area (Å²) in [6, 6.07) is 0. The summed E-state index contributed by atoms with van der Waals surface area (Å²) in [6.45, 7) is 10.9. The molecule has 0 bridgehead atoms. The number of rotatable bonds is 2. The van der Waals surface area contributed by atoms with Gasteiger partial charge in [0, 0.05) is 11.5 Å². The van der Waals surface area contributed by atoms with E-state index in [1.54, 1.807) is 0 Å². The van der Waals surface area contributed by atoms with Gasteiger partial charge in [-0.15, -0.1) is 0 Å². The first-order valence-electron chi connectivity index (χ1n) is 11.4. The number of amides is 1. The molecule has 0 aromatic carbocycles. The van der Waals surface area contributed by atoms with Gasteiger partial charge in [-0.05, 0) is 105 Å². The van der Waals surface area contributed by atoms with Crippen LogP contribution in [0.2, 0.25) is 0 Å². The molecule has 2 fully saturated rings. The molecule has 2 saturated carbocycles. The number of carboxylic acid groups (broad SMARTS) is 1. The predicted molar refractivity (Wildman–Crippen MR) is 112 cm³/mol. The van der Waals surface area contributed by atoms with Crippen molar-refractivity contribution in [3.63, 3.8) is 0 Å². The Morgan fingerprint density at radius 3 is 2.43 bits per heavy atom. The standard InChI is InChI=1S/C25H37NO3.Na/c1-23(2,3)26-21(27)20-9-8-18-17-7-6-16-14-15(22(28)29)10-12-24(16,4)19(17)11-13-25(18,20)5;/h6,14,17-20H,7-13H2,1-5H3,(H,26,27)(H,28,29);/q;+1/p-1/t17-,18-,19-,20+,24-,25-;/m0./s1. The van der Waals surface area contributed by atoms with E-state index in [0.717, 1.165) is 38.5 Å². The minimum atomic E-state index is -1.02. The molecule has 4 aliphatic carbocycles. The molecule has 0 spiro atoms. The van der Waals surface area contributed by atoms with Crippen LogP contribution >= 0.6 is 0 Å². The molecule has 1 amide bonds. The second-order valence-corrected chi connectivity index (χ2v) is 11.6. The zero-order chi connectivity index (χ0) is 21.2. The van der Waals surface area contributed by atoms with E-state index in [0.29, 0.717) is 29.7 Å². The molecule has 1 N–H and O–H groups in total. The van der Waals surface area contributed by atoms with Crippen LogP contribution in [0.5, 0.6) is 0 Å². The number of carboxylic acids is 1. The maximum Gasteiger partial charge on any atom is 1.00 e. The Kier molecular flexibility index (Phi) is 6.48.